The molecule has 9 heteroatoms. The third-order valence-corrected chi connectivity index (χ3v) is 5.01. The first-order valence-corrected chi connectivity index (χ1v) is 9.33. The van der Waals surface area contributed by atoms with E-state index in [0.717, 1.165) is 11.6 Å². The van der Waals surface area contributed by atoms with E-state index in [1.165, 1.54) is 0 Å². The maximum absolute atomic E-state index is 13.6. The van der Waals surface area contributed by atoms with Crippen molar-refractivity contribution >= 4 is 23.4 Å². The summed E-state index contributed by atoms with van der Waals surface area (Å²) in [4.78, 5) is 38.2. The molecule has 0 saturated carbocycles. The van der Waals surface area contributed by atoms with Crippen LogP contribution in [0.3, 0.4) is 0 Å². The third kappa shape index (κ3) is 4.61. The lowest BCUT2D eigenvalue weighted by Crippen LogP contribution is -2.38. The quantitative estimate of drug-likeness (QED) is 0.707. The number of nitrogens with one attached hydrogen (secondary N) is 2. The molecule has 2 aromatic carbocycles. The number of nitrogens with zero attached hydrogens (tertiary/aromatic N) is 1. The molecule has 6 nitrogen and oxygen atoms in total. The molecule has 1 aliphatic rings. The fourth-order valence-corrected chi connectivity index (χ4v) is 3.32. The van der Waals surface area contributed by atoms with Crippen molar-refractivity contribution in [2.75, 3.05) is 18.4 Å². The van der Waals surface area contributed by atoms with E-state index in [2.05, 4.69) is 10.6 Å². The van der Waals surface area contributed by atoms with Gasteiger partial charge in [-0.25, -0.2) is 13.2 Å². The molecule has 0 unspecified atom stereocenters. The van der Waals surface area contributed by atoms with Crippen LogP contribution in [0.5, 0.6) is 0 Å². The van der Waals surface area contributed by atoms with Crippen LogP contribution in [0.25, 0.3) is 0 Å². The van der Waals surface area contributed by atoms with Gasteiger partial charge in [0, 0.05) is 13.0 Å². The number of anilines is 1. The number of hydrogen-bond donors (Lipinski definition) is 2. The first-order valence-electron chi connectivity index (χ1n) is 9.33. The summed E-state index contributed by atoms with van der Waals surface area (Å²) in [6.07, 6.45) is 0.0163. The molecule has 3 rings (SSSR count). The maximum Gasteiger partial charge on any atom is 0.243 e. The summed E-state index contributed by atoms with van der Waals surface area (Å²) in [5, 5.41) is 4.46. The van der Waals surface area contributed by atoms with Crippen molar-refractivity contribution in [3.05, 3.63) is 65.5 Å². The van der Waals surface area contributed by atoms with Gasteiger partial charge in [-0.05, 0) is 24.6 Å². The number of carbonyl (C=O) groups excluding carboxylic acids is 3. The fraction of sp³-hybridized carbons (Fsp3) is 0.286. The van der Waals surface area contributed by atoms with Gasteiger partial charge in [0.2, 0.25) is 17.7 Å². The topological polar surface area (TPSA) is 78.5 Å². The SMILES string of the molecule is C[C@@H](c1ccccc1)N1C[C@@H](C(=O)NCC(=O)Nc2ccc(F)c(F)c2F)CC1=O. The van der Waals surface area contributed by atoms with Crippen molar-refractivity contribution in [2.45, 2.75) is 19.4 Å². The molecule has 2 aromatic rings. The highest BCUT2D eigenvalue weighted by atomic mass is 19.2. The number of rotatable bonds is 6. The predicted molar refractivity (Wildman–Crippen MR) is 103 cm³/mol. The van der Waals surface area contributed by atoms with Crippen LogP contribution in [0, 0.1) is 23.4 Å². The van der Waals surface area contributed by atoms with Crippen LogP contribution in [0.15, 0.2) is 42.5 Å². The van der Waals surface area contributed by atoms with Crippen LogP contribution in [0.1, 0.15) is 24.9 Å². The minimum atomic E-state index is -1.70. The number of carbonyl (C=O) groups is 3. The van der Waals surface area contributed by atoms with E-state index in [0.29, 0.717) is 6.07 Å². The van der Waals surface area contributed by atoms with Crippen LogP contribution in [0.4, 0.5) is 18.9 Å². The lowest BCUT2D eigenvalue weighted by atomic mass is 10.1. The minimum Gasteiger partial charge on any atom is -0.347 e. The van der Waals surface area contributed by atoms with Crippen molar-refractivity contribution < 1.29 is 27.6 Å². The smallest absolute Gasteiger partial charge is 0.243 e. The van der Waals surface area contributed by atoms with Crippen LogP contribution in [-0.2, 0) is 14.4 Å². The van der Waals surface area contributed by atoms with Gasteiger partial charge in [0.15, 0.2) is 17.5 Å². The molecule has 0 bridgehead atoms. The molecule has 1 fully saturated rings. The van der Waals surface area contributed by atoms with Crippen molar-refractivity contribution in [2.24, 2.45) is 5.92 Å². The van der Waals surface area contributed by atoms with E-state index in [1.54, 1.807) is 4.90 Å². The zero-order valence-electron chi connectivity index (χ0n) is 16.1. The molecule has 0 aliphatic carbocycles. The summed E-state index contributed by atoms with van der Waals surface area (Å²) in [6.45, 7) is 1.58. The Morgan fingerprint density at radius 3 is 2.50 bits per heavy atom. The minimum absolute atomic E-state index is 0.0163. The average Bonchev–Trinajstić information content (AvgIpc) is 3.14. The van der Waals surface area contributed by atoms with Gasteiger partial charge < -0.3 is 15.5 Å². The van der Waals surface area contributed by atoms with Crippen molar-refractivity contribution in [1.29, 1.82) is 0 Å². The number of amides is 3. The summed E-state index contributed by atoms with van der Waals surface area (Å²) in [5.74, 6) is -6.70. The monoisotopic (exact) mass is 419 g/mol. The molecule has 30 heavy (non-hydrogen) atoms. The van der Waals surface area contributed by atoms with Gasteiger partial charge in [-0.2, -0.15) is 0 Å². The largest absolute Gasteiger partial charge is 0.347 e. The highest BCUT2D eigenvalue weighted by Gasteiger charge is 2.37. The Morgan fingerprint density at radius 1 is 1.10 bits per heavy atom. The highest BCUT2D eigenvalue weighted by molar-refractivity contribution is 5.96. The van der Waals surface area contributed by atoms with Gasteiger partial charge in [-0.15, -0.1) is 0 Å². The van der Waals surface area contributed by atoms with Crippen molar-refractivity contribution in [1.82, 2.24) is 10.2 Å². The Morgan fingerprint density at radius 2 is 1.80 bits per heavy atom. The van der Waals surface area contributed by atoms with E-state index in [4.69, 9.17) is 0 Å². The molecular weight excluding hydrogens is 399 g/mol. The zero-order chi connectivity index (χ0) is 21.8. The average molecular weight is 419 g/mol. The standard InChI is InChI=1S/C21H20F3N3O3/c1-12(13-5-3-2-4-6-13)27-11-14(9-18(27)29)21(30)25-10-17(28)26-16-8-7-15(22)19(23)20(16)24/h2-8,12,14H,9-11H2,1H3,(H,25,30)(H,26,28)/t12-,14-/m0/s1. The highest BCUT2D eigenvalue weighted by Crippen LogP contribution is 2.28. The van der Waals surface area contributed by atoms with E-state index >= 15 is 0 Å². The second-order valence-electron chi connectivity index (χ2n) is 7.02. The second-order valence-corrected chi connectivity index (χ2v) is 7.02. The number of halogens is 3. The van der Waals surface area contributed by atoms with Crippen molar-refractivity contribution in [3.8, 4) is 0 Å². The Kier molecular flexibility index (Phi) is 6.39. The summed E-state index contributed by atoms with van der Waals surface area (Å²) >= 11 is 0. The second kappa shape index (κ2) is 8.98. The molecular formula is C21H20F3N3O3. The lowest BCUT2D eigenvalue weighted by Gasteiger charge is -2.25. The Labute approximate surface area is 171 Å². The van der Waals surface area contributed by atoms with Gasteiger partial charge in [0.05, 0.1) is 24.2 Å². The molecule has 1 aliphatic heterocycles. The molecule has 1 saturated heterocycles. The molecule has 3 amide bonds. The van der Waals surface area contributed by atoms with Gasteiger partial charge in [-0.3, -0.25) is 14.4 Å². The Balaban J connectivity index is 1.53. The molecule has 2 atom stereocenters. The van der Waals surface area contributed by atoms with E-state index in [1.807, 2.05) is 37.3 Å². The fourth-order valence-electron chi connectivity index (χ4n) is 3.32. The summed E-state index contributed by atoms with van der Waals surface area (Å²) in [5.41, 5.74) is 0.409. The van der Waals surface area contributed by atoms with E-state index < -0.39 is 47.4 Å². The predicted octanol–water partition coefficient (Wildman–Crippen LogP) is 2.77. The third-order valence-electron chi connectivity index (χ3n) is 5.01. The normalized spacial score (nSPS) is 17.0. The molecule has 1 heterocycles. The lowest BCUT2D eigenvalue weighted by molar-refractivity contribution is -0.130. The molecule has 0 spiro atoms. The first kappa shape index (κ1) is 21.4. The number of likely N-dealkylation sites (tertiary alicyclic amines) is 1. The summed E-state index contributed by atoms with van der Waals surface area (Å²) < 4.78 is 39.8. The van der Waals surface area contributed by atoms with Crippen LogP contribution in [-0.4, -0.2) is 35.7 Å². The summed E-state index contributed by atoms with van der Waals surface area (Å²) in [6, 6.07) is 10.8. The summed E-state index contributed by atoms with van der Waals surface area (Å²) in [7, 11) is 0. The molecule has 158 valence electrons. The Hall–Kier alpha value is -3.36. The van der Waals surface area contributed by atoms with Gasteiger partial charge in [0.25, 0.3) is 0 Å². The zero-order valence-corrected chi connectivity index (χ0v) is 16.1. The van der Waals surface area contributed by atoms with Crippen LogP contribution >= 0.6 is 0 Å². The van der Waals surface area contributed by atoms with Crippen LogP contribution in [0.2, 0.25) is 0 Å². The van der Waals surface area contributed by atoms with Gasteiger partial charge >= 0.3 is 0 Å². The maximum atomic E-state index is 13.6. The van der Waals surface area contributed by atoms with E-state index in [9.17, 15) is 27.6 Å². The van der Waals surface area contributed by atoms with Gasteiger partial charge in [0.1, 0.15) is 0 Å². The van der Waals surface area contributed by atoms with Crippen molar-refractivity contribution in [3.63, 3.8) is 0 Å². The van der Waals surface area contributed by atoms with E-state index in [-0.39, 0.29) is 24.9 Å². The van der Waals surface area contributed by atoms with Gasteiger partial charge in [-0.1, -0.05) is 30.3 Å². The first-order chi connectivity index (χ1) is 14.3. The Bertz CT molecular complexity index is 969. The number of benzene rings is 2. The number of hydrogen-bond acceptors (Lipinski definition) is 3. The van der Waals surface area contributed by atoms with Crippen LogP contribution < -0.4 is 10.6 Å². The molecule has 2 N–H and O–H groups in total. The molecule has 0 radical (unpaired) electrons. The molecule has 0 aromatic heterocycles.